The van der Waals surface area contributed by atoms with E-state index in [0.717, 1.165) is 25.2 Å². The van der Waals surface area contributed by atoms with Gasteiger partial charge in [-0.05, 0) is 55.7 Å². The lowest BCUT2D eigenvalue weighted by Gasteiger charge is -2.44. The third kappa shape index (κ3) is 11.2. The number of carbonyl (C=O) groups is 4. The van der Waals surface area contributed by atoms with Gasteiger partial charge in [0.25, 0.3) is 0 Å². The number of esters is 4. The fourth-order valence-corrected chi connectivity index (χ4v) is 5.27. The number of ether oxygens (including phenoxy) is 7. The van der Waals surface area contributed by atoms with Crippen molar-refractivity contribution in [3.8, 4) is 5.75 Å². The van der Waals surface area contributed by atoms with Crippen LogP contribution in [0.5, 0.6) is 5.75 Å². The summed E-state index contributed by atoms with van der Waals surface area (Å²) in [4.78, 5) is 47.2. The zero-order valence-corrected chi connectivity index (χ0v) is 25.0. The number of hydrogen-bond acceptors (Lipinski definition) is 11. The van der Waals surface area contributed by atoms with Crippen molar-refractivity contribution < 1.29 is 52.3 Å². The second-order valence-corrected chi connectivity index (χ2v) is 10.9. The molecule has 0 spiro atoms. The van der Waals surface area contributed by atoms with E-state index in [1.54, 1.807) is 0 Å². The molecule has 1 saturated carbocycles. The summed E-state index contributed by atoms with van der Waals surface area (Å²) in [6.45, 7) is 5.50. The number of rotatable bonds is 14. The molecule has 5 atom stereocenters. The van der Waals surface area contributed by atoms with Crippen molar-refractivity contribution >= 4 is 23.9 Å². The maximum absolute atomic E-state index is 11.9. The van der Waals surface area contributed by atoms with Crippen LogP contribution >= 0.6 is 0 Å². The van der Waals surface area contributed by atoms with Gasteiger partial charge >= 0.3 is 23.9 Å². The Kier molecular flexibility index (Phi) is 13.5. The van der Waals surface area contributed by atoms with Crippen LogP contribution in [-0.2, 0) is 54.0 Å². The Hall–Kier alpha value is -3.18. The molecule has 42 heavy (non-hydrogen) atoms. The first-order valence-electron chi connectivity index (χ1n) is 14.8. The number of carbonyl (C=O) groups excluding carboxylic acids is 4. The van der Waals surface area contributed by atoms with Crippen molar-refractivity contribution in [1.82, 2.24) is 0 Å². The molecule has 234 valence electrons. The van der Waals surface area contributed by atoms with Crippen molar-refractivity contribution in [2.24, 2.45) is 5.92 Å². The van der Waals surface area contributed by atoms with E-state index in [4.69, 9.17) is 33.2 Å². The van der Waals surface area contributed by atoms with Gasteiger partial charge in [-0.3, -0.25) is 19.2 Å². The Morgan fingerprint density at radius 1 is 0.738 bits per heavy atom. The second kappa shape index (κ2) is 17.1. The zero-order chi connectivity index (χ0) is 30.5. The number of hydrogen-bond donors (Lipinski definition) is 0. The molecule has 0 bridgehead atoms. The van der Waals surface area contributed by atoms with E-state index < -0.39 is 54.6 Å². The molecule has 2 aliphatic rings. The van der Waals surface area contributed by atoms with Crippen molar-refractivity contribution in [3.63, 3.8) is 0 Å². The third-order valence-electron chi connectivity index (χ3n) is 7.22. The zero-order valence-electron chi connectivity index (χ0n) is 25.0. The van der Waals surface area contributed by atoms with Crippen molar-refractivity contribution in [1.29, 1.82) is 0 Å². The summed E-state index contributed by atoms with van der Waals surface area (Å²) in [5, 5.41) is 0. The lowest BCUT2D eigenvalue weighted by atomic mass is 9.90. The van der Waals surface area contributed by atoms with Crippen molar-refractivity contribution in [2.75, 3.05) is 19.8 Å². The van der Waals surface area contributed by atoms with Crippen molar-refractivity contribution in [3.05, 3.63) is 29.8 Å². The maximum atomic E-state index is 11.9. The summed E-state index contributed by atoms with van der Waals surface area (Å²) in [7, 11) is 0. The summed E-state index contributed by atoms with van der Waals surface area (Å²) in [6, 6.07) is 8.14. The normalized spacial score (nSPS) is 24.3. The predicted octanol–water partition coefficient (Wildman–Crippen LogP) is 4.07. The van der Waals surface area contributed by atoms with Gasteiger partial charge in [0.2, 0.25) is 0 Å². The number of unbranched alkanes of at least 4 members (excludes halogenated alkanes) is 1. The standard InChI is InChI=1S/C31H44O11/c1-20(32)37-19-27-28(39-21(2)33)29(40-22(3)34)30(41-23(4)35)31(42-27)36-17-9-8-10-24-13-15-26(16-14-24)38-18-25-11-6-5-7-12-25/h13-16,25,27-31H,5-12,17-19H2,1-4H3/t27-,28-,29+,30-,31-/m1/s1. The maximum Gasteiger partial charge on any atom is 0.303 e. The first kappa shape index (κ1) is 33.3. The minimum Gasteiger partial charge on any atom is -0.493 e. The van der Waals surface area contributed by atoms with Crippen molar-refractivity contribution in [2.45, 2.75) is 110 Å². The summed E-state index contributed by atoms with van der Waals surface area (Å²) in [6.07, 6.45) is 2.86. The van der Waals surface area contributed by atoms with Crippen LogP contribution in [0.25, 0.3) is 0 Å². The molecule has 1 heterocycles. The van der Waals surface area contributed by atoms with Gasteiger partial charge < -0.3 is 33.2 Å². The SMILES string of the molecule is CC(=O)OC[C@H]1O[C@@H](OCCCCc2ccc(OCC3CCCCC3)cc2)[C@H](OC(C)=O)[C@@H](OC(C)=O)[C@@H]1OC(C)=O. The average Bonchev–Trinajstić information content (AvgIpc) is 2.94. The van der Waals surface area contributed by atoms with Gasteiger partial charge in [0.05, 0.1) is 6.61 Å². The van der Waals surface area contributed by atoms with Gasteiger partial charge in [-0.2, -0.15) is 0 Å². The van der Waals surface area contributed by atoms with E-state index in [-0.39, 0.29) is 13.2 Å². The highest BCUT2D eigenvalue weighted by Crippen LogP contribution is 2.30. The first-order valence-corrected chi connectivity index (χ1v) is 14.8. The average molecular weight is 593 g/mol. The predicted molar refractivity (Wildman–Crippen MR) is 149 cm³/mol. The van der Waals surface area contributed by atoms with Gasteiger partial charge in [-0.15, -0.1) is 0 Å². The minimum absolute atomic E-state index is 0.246. The summed E-state index contributed by atoms with van der Waals surface area (Å²) in [5.74, 6) is -1.07. The topological polar surface area (TPSA) is 133 Å². The van der Waals surface area contributed by atoms with Gasteiger partial charge in [-0.25, -0.2) is 0 Å². The summed E-state index contributed by atoms with van der Waals surface area (Å²) >= 11 is 0. The highest BCUT2D eigenvalue weighted by molar-refractivity contribution is 5.68. The Labute approximate surface area is 247 Å². The molecule has 11 heteroatoms. The molecule has 11 nitrogen and oxygen atoms in total. The molecule has 0 aromatic heterocycles. The molecule has 1 aromatic carbocycles. The summed E-state index contributed by atoms with van der Waals surface area (Å²) < 4.78 is 39.2. The molecule has 1 aliphatic heterocycles. The largest absolute Gasteiger partial charge is 0.493 e. The van der Waals surface area contributed by atoms with E-state index in [9.17, 15) is 19.2 Å². The quantitative estimate of drug-likeness (QED) is 0.176. The Bertz CT molecular complexity index is 1020. The Morgan fingerprint density at radius 3 is 1.98 bits per heavy atom. The van der Waals surface area contributed by atoms with Crippen LogP contribution in [0.15, 0.2) is 24.3 Å². The third-order valence-corrected chi connectivity index (χ3v) is 7.22. The fraction of sp³-hybridized carbons (Fsp3) is 0.677. The molecule has 0 radical (unpaired) electrons. The molecule has 1 aliphatic carbocycles. The van der Waals surface area contributed by atoms with Crippen LogP contribution in [0.3, 0.4) is 0 Å². The van der Waals surface area contributed by atoms with E-state index >= 15 is 0 Å². The molecule has 1 aromatic rings. The van der Waals surface area contributed by atoms with Crippen LogP contribution in [0.2, 0.25) is 0 Å². The monoisotopic (exact) mass is 592 g/mol. The van der Waals surface area contributed by atoms with Gasteiger partial charge in [-0.1, -0.05) is 31.4 Å². The highest BCUT2D eigenvalue weighted by Gasteiger charge is 2.52. The van der Waals surface area contributed by atoms with Crippen LogP contribution in [0.1, 0.15) is 78.2 Å². The van der Waals surface area contributed by atoms with E-state index in [1.165, 1.54) is 65.4 Å². The minimum atomic E-state index is -1.24. The molecule has 3 rings (SSSR count). The lowest BCUT2D eigenvalue weighted by molar-refractivity contribution is -0.308. The van der Waals surface area contributed by atoms with Gasteiger partial charge in [0.15, 0.2) is 24.6 Å². The molecular weight excluding hydrogens is 548 g/mol. The number of benzene rings is 1. The van der Waals surface area contributed by atoms with E-state index in [2.05, 4.69) is 12.1 Å². The fourth-order valence-electron chi connectivity index (χ4n) is 5.27. The van der Waals surface area contributed by atoms with E-state index in [0.29, 0.717) is 12.3 Å². The number of aryl methyl sites for hydroxylation is 1. The molecule has 0 amide bonds. The first-order chi connectivity index (χ1) is 20.1. The van der Waals surface area contributed by atoms with Crippen LogP contribution in [0.4, 0.5) is 0 Å². The van der Waals surface area contributed by atoms with Crippen LogP contribution in [-0.4, -0.2) is 74.4 Å². The smallest absolute Gasteiger partial charge is 0.303 e. The van der Waals surface area contributed by atoms with Crippen LogP contribution < -0.4 is 4.74 Å². The Morgan fingerprint density at radius 2 is 1.36 bits per heavy atom. The molecule has 0 N–H and O–H groups in total. The second-order valence-electron chi connectivity index (χ2n) is 10.9. The Balaban J connectivity index is 1.56. The lowest BCUT2D eigenvalue weighted by Crippen LogP contribution is -2.63. The highest BCUT2D eigenvalue weighted by atomic mass is 16.7. The van der Waals surface area contributed by atoms with E-state index in [1.807, 2.05) is 12.1 Å². The molecule has 1 saturated heterocycles. The molecular formula is C31H44O11. The molecule has 2 fully saturated rings. The molecule has 0 unspecified atom stereocenters. The van der Waals surface area contributed by atoms with Crippen LogP contribution in [0, 0.1) is 5.92 Å². The van der Waals surface area contributed by atoms with Gasteiger partial charge in [0.1, 0.15) is 18.5 Å². The summed E-state index contributed by atoms with van der Waals surface area (Å²) in [5.41, 5.74) is 1.17. The van der Waals surface area contributed by atoms with Gasteiger partial charge in [0, 0.05) is 34.3 Å².